The van der Waals surface area contributed by atoms with E-state index in [1.165, 1.54) is 18.3 Å². The molecule has 2 N–H and O–H groups in total. The number of aromatic nitrogens is 2. The number of fused-ring (bicyclic) bond motifs is 1. The molecule has 11 heteroatoms. The van der Waals surface area contributed by atoms with E-state index in [0.717, 1.165) is 28.5 Å². The molecule has 33 heavy (non-hydrogen) atoms. The van der Waals surface area contributed by atoms with Crippen molar-refractivity contribution in [3.63, 3.8) is 0 Å². The molecule has 0 fully saturated rings. The quantitative estimate of drug-likeness (QED) is 0.311. The first-order valence-electron chi connectivity index (χ1n) is 9.57. The van der Waals surface area contributed by atoms with Crippen LogP contribution in [0, 0.1) is 11.6 Å². The zero-order chi connectivity index (χ0) is 23.5. The van der Waals surface area contributed by atoms with Gasteiger partial charge in [0.15, 0.2) is 5.16 Å². The molecule has 0 radical (unpaired) electrons. The zero-order valence-corrected chi connectivity index (χ0v) is 18.7. The van der Waals surface area contributed by atoms with Crippen LogP contribution in [0.1, 0.15) is 6.92 Å². The number of benzene rings is 2. The number of carbonyl (C=O) groups excluding carboxylic acids is 2. The van der Waals surface area contributed by atoms with Crippen molar-refractivity contribution in [2.24, 2.45) is 0 Å². The van der Waals surface area contributed by atoms with Gasteiger partial charge in [0.2, 0.25) is 11.8 Å². The largest absolute Gasteiger partial charge is 0.326 e. The van der Waals surface area contributed by atoms with Gasteiger partial charge in [-0.15, -0.1) is 11.3 Å². The molecule has 0 unspecified atom stereocenters. The maximum atomic E-state index is 13.8. The molecule has 0 aliphatic rings. The second-order valence-electron chi connectivity index (χ2n) is 6.90. The smallest absolute Gasteiger partial charge is 0.276 e. The summed E-state index contributed by atoms with van der Waals surface area (Å²) in [7, 11) is 0. The summed E-state index contributed by atoms with van der Waals surface area (Å²) in [5.74, 6) is -2.43. The Bertz CT molecular complexity index is 1410. The minimum atomic E-state index is -0.837. The van der Waals surface area contributed by atoms with E-state index in [-0.39, 0.29) is 22.5 Å². The molecule has 7 nitrogen and oxygen atoms in total. The lowest BCUT2D eigenvalue weighted by Crippen LogP contribution is -2.22. The molecule has 2 aromatic heterocycles. The average Bonchev–Trinajstić information content (AvgIpc) is 3.20. The lowest BCUT2D eigenvalue weighted by atomic mass is 10.2. The Balaban J connectivity index is 1.60. The van der Waals surface area contributed by atoms with Crippen LogP contribution in [0.15, 0.2) is 63.9 Å². The highest BCUT2D eigenvalue weighted by molar-refractivity contribution is 7.99. The van der Waals surface area contributed by atoms with Gasteiger partial charge in [0, 0.05) is 24.4 Å². The predicted octanol–water partition coefficient (Wildman–Crippen LogP) is 4.41. The van der Waals surface area contributed by atoms with E-state index in [1.807, 2.05) is 0 Å². The van der Waals surface area contributed by atoms with E-state index in [9.17, 15) is 23.2 Å². The van der Waals surface area contributed by atoms with Crippen molar-refractivity contribution in [3.05, 3.63) is 75.9 Å². The van der Waals surface area contributed by atoms with Crippen LogP contribution in [0.25, 0.3) is 15.9 Å². The topological polar surface area (TPSA) is 93.1 Å². The fraction of sp³-hybridized carbons (Fsp3) is 0.0909. The molecule has 0 spiro atoms. The van der Waals surface area contributed by atoms with E-state index in [0.29, 0.717) is 27.7 Å². The van der Waals surface area contributed by atoms with Gasteiger partial charge in [-0.1, -0.05) is 17.8 Å². The van der Waals surface area contributed by atoms with E-state index >= 15 is 0 Å². The fourth-order valence-electron chi connectivity index (χ4n) is 3.09. The summed E-state index contributed by atoms with van der Waals surface area (Å²) in [6, 6.07) is 11.1. The average molecular weight is 487 g/mol. The zero-order valence-electron chi connectivity index (χ0n) is 17.1. The van der Waals surface area contributed by atoms with Crippen LogP contribution >= 0.6 is 23.1 Å². The van der Waals surface area contributed by atoms with Crippen molar-refractivity contribution in [1.29, 1.82) is 0 Å². The molecule has 0 aliphatic carbocycles. The second-order valence-corrected chi connectivity index (χ2v) is 8.76. The number of hydrogen-bond acceptors (Lipinski definition) is 6. The fourth-order valence-corrected chi connectivity index (χ4v) is 4.66. The number of rotatable bonds is 6. The van der Waals surface area contributed by atoms with Gasteiger partial charge >= 0.3 is 0 Å². The number of thiophene rings is 1. The van der Waals surface area contributed by atoms with Gasteiger partial charge in [-0.25, -0.2) is 13.8 Å². The molecule has 0 bridgehead atoms. The number of anilines is 2. The second kappa shape index (κ2) is 9.51. The monoisotopic (exact) mass is 486 g/mol. The Hall–Kier alpha value is -3.57. The lowest BCUT2D eigenvalue weighted by molar-refractivity contribution is -0.114. The summed E-state index contributed by atoms with van der Waals surface area (Å²) in [6.07, 6.45) is 0. The van der Waals surface area contributed by atoms with Crippen LogP contribution in [0.2, 0.25) is 0 Å². The SMILES string of the molecule is CC(=O)Nc1cccc(NC(=O)CSc2nc3ccsc3c(=O)n2-c2cc(F)cc(F)c2)c1. The highest BCUT2D eigenvalue weighted by atomic mass is 32.2. The van der Waals surface area contributed by atoms with Crippen molar-refractivity contribution >= 4 is 56.5 Å². The van der Waals surface area contributed by atoms with E-state index in [1.54, 1.807) is 35.7 Å². The van der Waals surface area contributed by atoms with Crippen molar-refractivity contribution < 1.29 is 18.4 Å². The summed E-state index contributed by atoms with van der Waals surface area (Å²) in [4.78, 5) is 41.2. The van der Waals surface area contributed by atoms with Crippen LogP contribution < -0.4 is 16.2 Å². The highest BCUT2D eigenvalue weighted by Gasteiger charge is 2.17. The number of halogens is 2. The lowest BCUT2D eigenvalue weighted by Gasteiger charge is -2.13. The standard InChI is InChI=1S/C22H16F2N4O3S2/c1-12(29)25-15-3-2-4-16(10-15)26-19(30)11-33-22-27-18-5-6-32-20(18)21(31)28(22)17-8-13(23)7-14(24)9-17/h2-10H,11H2,1H3,(H,25,29)(H,26,30). The maximum absolute atomic E-state index is 13.8. The van der Waals surface area contributed by atoms with Crippen LogP contribution in [-0.4, -0.2) is 27.1 Å². The van der Waals surface area contributed by atoms with Gasteiger partial charge < -0.3 is 10.6 Å². The molecular weight excluding hydrogens is 470 g/mol. The molecule has 2 heterocycles. The molecule has 4 rings (SSSR count). The molecule has 168 valence electrons. The van der Waals surface area contributed by atoms with E-state index in [4.69, 9.17) is 0 Å². The maximum Gasteiger partial charge on any atom is 0.276 e. The summed E-state index contributed by atoms with van der Waals surface area (Å²) in [6.45, 7) is 1.38. The van der Waals surface area contributed by atoms with Gasteiger partial charge in [0.25, 0.3) is 5.56 Å². The normalized spacial score (nSPS) is 10.9. The third kappa shape index (κ3) is 5.26. The van der Waals surface area contributed by atoms with Crippen LogP contribution in [-0.2, 0) is 9.59 Å². The van der Waals surface area contributed by atoms with Gasteiger partial charge in [0.05, 0.1) is 17.0 Å². The third-order valence-electron chi connectivity index (χ3n) is 4.35. The Morgan fingerprint density at radius 1 is 1.06 bits per heavy atom. The Kier molecular flexibility index (Phi) is 6.52. The van der Waals surface area contributed by atoms with Crippen molar-refractivity contribution in [1.82, 2.24) is 9.55 Å². The molecule has 0 saturated heterocycles. The summed E-state index contributed by atoms with van der Waals surface area (Å²) in [5, 5.41) is 7.15. The molecule has 2 amide bonds. The van der Waals surface area contributed by atoms with Crippen molar-refractivity contribution in [2.75, 3.05) is 16.4 Å². The van der Waals surface area contributed by atoms with E-state index < -0.39 is 23.1 Å². The predicted molar refractivity (Wildman–Crippen MR) is 125 cm³/mol. The van der Waals surface area contributed by atoms with Gasteiger partial charge in [-0.2, -0.15) is 0 Å². The Morgan fingerprint density at radius 3 is 2.45 bits per heavy atom. The summed E-state index contributed by atoms with van der Waals surface area (Å²) in [5.41, 5.74) is 0.929. The van der Waals surface area contributed by atoms with Gasteiger partial charge in [-0.05, 0) is 41.8 Å². The first-order chi connectivity index (χ1) is 15.8. The number of amides is 2. The minimum absolute atomic E-state index is 0.0220. The van der Waals surface area contributed by atoms with Crippen LogP contribution in [0.3, 0.4) is 0 Å². The number of thioether (sulfide) groups is 1. The van der Waals surface area contributed by atoms with Crippen LogP contribution in [0.5, 0.6) is 0 Å². The molecule has 0 aliphatic heterocycles. The molecule has 2 aromatic carbocycles. The number of nitrogens with zero attached hydrogens (tertiary/aromatic N) is 2. The van der Waals surface area contributed by atoms with Crippen molar-refractivity contribution in [3.8, 4) is 5.69 Å². The molecular formula is C22H16F2N4O3S2. The Morgan fingerprint density at radius 2 is 1.76 bits per heavy atom. The number of nitrogens with one attached hydrogen (secondary N) is 2. The van der Waals surface area contributed by atoms with Gasteiger partial charge in [-0.3, -0.25) is 19.0 Å². The first-order valence-corrected chi connectivity index (χ1v) is 11.4. The molecule has 4 aromatic rings. The highest BCUT2D eigenvalue weighted by Crippen LogP contribution is 2.25. The van der Waals surface area contributed by atoms with Crippen molar-refractivity contribution in [2.45, 2.75) is 12.1 Å². The minimum Gasteiger partial charge on any atom is -0.326 e. The third-order valence-corrected chi connectivity index (χ3v) is 6.18. The first kappa shape index (κ1) is 22.6. The van der Waals surface area contributed by atoms with E-state index in [2.05, 4.69) is 15.6 Å². The summed E-state index contributed by atoms with van der Waals surface area (Å²) >= 11 is 2.13. The van der Waals surface area contributed by atoms with Crippen LogP contribution in [0.4, 0.5) is 20.2 Å². The number of carbonyl (C=O) groups is 2. The summed E-state index contributed by atoms with van der Waals surface area (Å²) < 4.78 is 29.1. The molecule has 0 atom stereocenters. The van der Waals surface area contributed by atoms with Gasteiger partial charge in [0.1, 0.15) is 16.3 Å². The number of hydrogen-bond donors (Lipinski definition) is 2. The Labute approximate surface area is 194 Å². The molecule has 0 saturated carbocycles.